The summed E-state index contributed by atoms with van der Waals surface area (Å²) in [5, 5.41) is 3.20. The van der Waals surface area contributed by atoms with Gasteiger partial charge in [-0.25, -0.2) is 13.1 Å². The van der Waals surface area contributed by atoms with Crippen molar-refractivity contribution in [3.05, 3.63) is 18.0 Å². The van der Waals surface area contributed by atoms with Gasteiger partial charge in [-0.05, 0) is 25.5 Å². The monoisotopic (exact) mass is 301 g/mol. The van der Waals surface area contributed by atoms with Crippen LogP contribution in [0.15, 0.2) is 17.2 Å². The largest absolute Gasteiger partial charge is 0.381 e. The lowest BCUT2D eigenvalue weighted by atomic mass is 10.1. The molecule has 0 amide bonds. The summed E-state index contributed by atoms with van der Waals surface area (Å²) in [6.07, 6.45) is 3.13. The Kier molecular flexibility index (Phi) is 5.20. The fourth-order valence-electron chi connectivity index (χ4n) is 2.26. The lowest BCUT2D eigenvalue weighted by Crippen LogP contribution is -2.38. The summed E-state index contributed by atoms with van der Waals surface area (Å²) in [6, 6.07) is 1.70. The topological polar surface area (TPSA) is 72.4 Å². The van der Waals surface area contributed by atoms with Crippen molar-refractivity contribution in [2.24, 2.45) is 7.05 Å². The van der Waals surface area contributed by atoms with E-state index in [1.54, 1.807) is 12.3 Å². The fraction of sp³-hybridized carbons (Fsp3) is 0.692. The minimum atomic E-state index is -3.44. The smallest absolute Gasteiger partial charge is 0.242 e. The van der Waals surface area contributed by atoms with Crippen LogP contribution in [0.25, 0.3) is 0 Å². The number of hydrogen-bond acceptors (Lipinski definition) is 4. The minimum Gasteiger partial charge on any atom is -0.381 e. The number of nitrogens with one attached hydrogen (secondary N) is 2. The summed E-state index contributed by atoms with van der Waals surface area (Å²) >= 11 is 0. The molecule has 2 heterocycles. The maximum absolute atomic E-state index is 12.4. The number of aromatic nitrogens is 1. The van der Waals surface area contributed by atoms with E-state index in [0.29, 0.717) is 24.7 Å². The van der Waals surface area contributed by atoms with Gasteiger partial charge in [-0.2, -0.15) is 0 Å². The molecule has 0 saturated carbocycles. The lowest BCUT2D eigenvalue weighted by molar-refractivity contribution is 0.0832. The van der Waals surface area contributed by atoms with Crippen molar-refractivity contribution in [3.63, 3.8) is 0 Å². The zero-order valence-corrected chi connectivity index (χ0v) is 12.9. The molecule has 0 radical (unpaired) electrons. The molecule has 2 N–H and O–H groups in total. The predicted octanol–water partition coefficient (Wildman–Crippen LogP) is 0.592. The molecule has 0 aromatic carbocycles. The van der Waals surface area contributed by atoms with Crippen molar-refractivity contribution in [1.29, 1.82) is 0 Å². The predicted molar refractivity (Wildman–Crippen MR) is 77.0 cm³/mol. The average molecular weight is 301 g/mol. The molecule has 1 fully saturated rings. The van der Waals surface area contributed by atoms with Crippen LogP contribution in [0, 0.1) is 0 Å². The van der Waals surface area contributed by atoms with Gasteiger partial charge in [0, 0.05) is 44.7 Å². The number of sulfonamides is 1. The van der Waals surface area contributed by atoms with Crippen molar-refractivity contribution in [2.45, 2.75) is 37.2 Å². The molecule has 2 rings (SSSR count). The first kappa shape index (κ1) is 15.5. The summed E-state index contributed by atoms with van der Waals surface area (Å²) in [6.45, 7) is 4.78. The second-order valence-corrected chi connectivity index (χ2v) is 6.78. The third-order valence-electron chi connectivity index (χ3n) is 3.49. The Morgan fingerprint density at radius 1 is 1.40 bits per heavy atom. The highest BCUT2D eigenvalue weighted by molar-refractivity contribution is 7.89. The first-order valence-corrected chi connectivity index (χ1v) is 8.47. The van der Waals surface area contributed by atoms with Gasteiger partial charge >= 0.3 is 0 Å². The van der Waals surface area contributed by atoms with E-state index in [0.717, 1.165) is 25.1 Å². The maximum Gasteiger partial charge on any atom is 0.242 e. The second-order valence-electron chi connectivity index (χ2n) is 5.07. The third kappa shape index (κ3) is 3.82. The molecule has 1 aromatic heterocycles. The first-order valence-electron chi connectivity index (χ1n) is 6.99. The molecule has 20 heavy (non-hydrogen) atoms. The summed E-state index contributed by atoms with van der Waals surface area (Å²) in [4.78, 5) is 0.333. The first-order chi connectivity index (χ1) is 9.53. The van der Waals surface area contributed by atoms with Crippen molar-refractivity contribution in [3.8, 4) is 0 Å². The van der Waals surface area contributed by atoms with E-state index in [9.17, 15) is 8.42 Å². The molecular formula is C13H23N3O3S. The van der Waals surface area contributed by atoms with Gasteiger partial charge in [0.2, 0.25) is 10.0 Å². The quantitative estimate of drug-likeness (QED) is 0.807. The summed E-state index contributed by atoms with van der Waals surface area (Å²) < 4.78 is 34.6. The van der Waals surface area contributed by atoms with E-state index >= 15 is 0 Å². The number of rotatable bonds is 6. The van der Waals surface area contributed by atoms with Crippen molar-refractivity contribution in [1.82, 2.24) is 14.6 Å². The highest BCUT2D eigenvalue weighted by Crippen LogP contribution is 2.16. The molecule has 0 aliphatic carbocycles. The zero-order valence-electron chi connectivity index (χ0n) is 12.1. The fourth-order valence-corrected chi connectivity index (χ4v) is 3.65. The van der Waals surface area contributed by atoms with Crippen LogP contribution in [0.5, 0.6) is 0 Å². The van der Waals surface area contributed by atoms with Gasteiger partial charge in [0.25, 0.3) is 0 Å². The summed E-state index contributed by atoms with van der Waals surface area (Å²) in [5.41, 5.74) is 0.958. The minimum absolute atomic E-state index is 0.0221. The average Bonchev–Trinajstić information content (AvgIpc) is 2.79. The van der Waals surface area contributed by atoms with E-state index in [1.165, 1.54) is 0 Å². The van der Waals surface area contributed by atoms with Gasteiger partial charge < -0.3 is 14.6 Å². The summed E-state index contributed by atoms with van der Waals surface area (Å²) in [5.74, 6) is 0. The van der Waals surface area contributed by atoms with E-state index in [1.807, 2.05) is 18.5 Å². The van der Waals surface area contributed by atoms with Crippen LogP contribution >= 0.6 is 0 Å². The molecule has 1 aliphatic heterocycles. The highest BCUT2D eigenvalue weighted by atomic mass is 32.2. The zero-order chi connectivity index (χ0) is 14.6. The van der Waals surface area contributed by atoms with Crippen LogP contribution in [0.4, 0.5) is 0 Å². The van der Waals surface area contributed by atoms with Crippen molar-refractivity contribution in [2.75, 3.05) is 19.8 Å². The standard InChI is InChI=1S/C13H23N3O3S/c1-3-14-9-12-8-13(10-16(12)2)20(17,18)15-11-4-6-19-7-5-11/h8,10-11,14-15H,3-7,9H2,1-2H3. The molecule has 1 aromatic rings. The van der Waals surface area contributed by atoms with Crippen LogP contribution in [0.1, 0.15) is 25.5 Å². The molecule has 114 valence electrons. The molecule has 1 saturated heterocycles. The molecule has 1 aliphatic rings. The Morgan fingerprint density at radius 3 is 2.75 bits per heavy atom. The highest BCUT2D eigenvalue weighted by Gasteiger charge is 2.23. The molecule has 0 unspecified atom stereocenters. The number of nitrogens with zero attached hydrogens (tertiary/aromatic N) is 1. The Balaban J connectivity index is 2.08. The van der Waals surface area contributed by atoms with Crippen LogP contribution < -0.4 is 10.0 Å². The lowest BCUT2D eigenvalue weighted by Gasteiger charge is -2.22. The summed E-state index contributed by atoms with van der Waals surface area (Å²) in [7, 11) is -1.58. The molecule has 0 atom stereocenters. The van der Waals surface area contributed by atoms with E-state index in [2.05, 4.69) is 10.0 Å². The third-order valence-corrected chi connectivity index (χ3v) is 4.98. The second kappa shape index (κ2) is 6.71. The van der Waals surface area contributed by atoms with Gasteiger partial charge in [-0.15, -0.1) is 0 Å². The number of aryl methyl sites for hydroxylation is 1. The Bertz CT molecular complexity index is 533. The van der Waals surface area contributed by atoms with Crippen molar-refractivity contribution >= 4 is 10.0 Å². The normalized spacial score (nSPS) is 17.5. The van der Waals surface area contributed by atoms with Crippen LogP contribution in [0.3, 0.4) is 0 Å². The number of hydrogen-bond donors (Lipinski definition) is 2. The van der Waals surface area contributed by atoms with Gasteiger partial charge in [-0.3, -0.25) is 0 Å². The van der Waals surface area contributed by atoms with Gasteiger partial charge in [0.05, 0.1) is 4.90 Å². The van der Waals surface area contributed by atoms with Crippen molar-refractivity contribution < 1.29 is 13.2 Å². The number of ether oxygens (including phenoxy) is 1. The van der Waals surface area contributed by atoms with Gasteiger partial charge in [0.15, 0.2) is 0 Å². The van der Waals surface area contributed by atoms with Gasteiger partial charge in [0.1, 0.15) is 0 Å². The van der Waals surface area contributed by atoms with Crippen LogP contribution in [0.2, 0.25) is 0 Å². The van der Waals surface area contributed by atoms with E-state index in [4.69, 9.17) is 4.74 Å². The van der Waals surface area contributed by atoms with Crippen LogP contribution in [-0.2, 0) is 28.4 Å². The van der Waals surface area contributed by atoms with E-state index < -0.39 is 10.0 Å². The molecule has 0 spiro atoms. The maximum atomic E-state index is 12.4. The molecule has 0 bridgehead atoms. The molecule has 7 heteroatoms. The Hall–Kier alpha value is -0.890. The van der Waals surface area contributed by atoms with Gasteiger partial charge in [-0.1, -0.05) is 6.92 Å². The van der Waals surface area contributed by atoms with Crippen LogP contribution in [-0.4, -0.2) is 38.8 Å². The Labute approximate surface area is 120 Å². The Morgan fingerprint density at radius 2 is 2.10 bits per heavy atom. The van der Waals surface area contributed by atoms with E-state index in [-0.39, 0.29) is 6.04 Å². The SMILES string of the molecule is CCNCc1cc(S(=O)(=O)NC2CCOCC2)cn1C. The molecular weight excluding hydrogens is 278 g/mol. The molecule has 6 nitrogen and oxygen atoms in total.